The molecule has 4 heterocycles. The quantitative estimate of drug-likeness (QED) is 0.165. The zero-order valence-corrected chi connectivity index (χ0v) is 39.4. The Morgan fingerprint density at radius 2 is 0.449 bits per heavy atom. The molecule has 0 aliphatic carbocycles. The summed E-state index contributed by atoms with van der Waals surface area (Å²) in [5.41, 5.74) is -5.45. The Kier molecular flexibility index (Phi) is 10.1. The number of hydrogen-bond donors (Lipinski definition) is 0. The number of nitrogens with zero attached hydrogens (tertiary/aromatic N) is 6. The molecule has 0 unspecified atom stereocenters. The van der Waals surface area contributed by atoms with E-state index < -0.39 is 47.0 Å². The molecule has 78 heavy (non-hydrogen) atoms. The van der Waals surface area contributed by atoms with E-state index >= 15 is 0 Å². The highest BCUT2D eigenvalue weighted by Crippen LogP contribution is 2.50. The SMILES string of the molecule is N#Cc1c(-n2c3ccccc3c3ccccc32)c(-n2c3ccccc3c3ccccc32)c(C#N)c(-n2c3ccc(C(F)(F)F)cc3c3cc(C(F)(F)F)ccc32)c1-n1c2ccc(C(F)(F)F)cc2c2cc(C(F)(F)F)ccc21. The van der Waals surface area contributed by atoms with Crippen molar-refractivity contribution in [1.82, 2.24) is 18.3 Å². The number of nitriles is 2. The second kappa shape index (κ2) is 16.4. The summed E-state index contributed by atoms with van der Waals surface area (Å²) in [5, 5.41) is 25.7. The van der Waals surface area contributed by atoms with Crippen molar-refractivity contribution in [2.75, 3.05) is 0 Å². The number of para-hydroxylation sites is 4. The number of hydrogen-bond acceptors (Lipinski definition) is 2. The van der Waals surface area contributed by atoms with Gasteiger partial charge in [-0.3, -0.25) is 0 Å². The Morgan fingerprint density at radius 3 is 0.641 bits per heavy atom. The molecule has 0 saturated carbocycles. The van der Waals surface area contributed by atoms with Crippen LogP contribution in [0.1, 0.15) is 33.4 Å². The summed E-state index contributed by atoms with van der Waals surface area (Å²) in [6.07, 6.45) is -20.1. The van der Waals surface area contributed by atoms with Crippen LogP contribution in [0.15, 0.2) is 170 Å². The number of alkyl halides is 12. The molecule has 0 aliphatic rings. The molecule has 0 amide bonds. The lowest BCUT2D eigenvalue weighted by molar-refractivity contribution is -0.138. The summed E-state index contributed by atoms with van der Waals surface area (Å²) in [5.74, 6) is 0. The van der Waals surface area contributed by atoms with Gasteiger partial charge in [-0.2, -0.15) is 63.2 Å². The summed E-state index contributed by atoms with van der Waals surface area (Å²) in [7, 11) is 0. The number of aromatic nitrogens is 4. The summed E-state index contributed by atoms with van der Waals surface area (Å²) in [6, 6.07) is 42.5. The predicted octanol–water partition coefficient (Wildman–Crippen LogP) is 17.9. The fourth-order valence-electron chi connectivity index (χ4n) is 11.3. The Hall–Kier alpha value is -9.68. The van der Waals surface area contributed by atoms with Crippen LogP contribution in [0.2, 0.25) is 0 Å². The van der Waals surface area contributed by atoms with E-state index in [-0.39, 0.29) is 77.5 Å². The lowest BCUT2D eigenvalue weighted by Crippen LogP contribution is -2.17. The van der Waals surface area contributed by atoms with Gasteiger partial charge in [-0.15, -0.1) is 0 Å². The van der Waals surface area contributed by atoms with Gasteiger partial charge in [-0.25, -0.2) is 0 Å². The molecule has 9 aromatic carbocycles. The maximum Gasteiger partial charge on any atom is 0.416 e. The summed E-state index contributed by atoms with van der Waals surface area (Å²) in [4.78, 5) is 0. The Balaban J connectivity index is 1.36. The Labute approximate surface area is 430 Å². The third kappa shape index (κ3) is 6.91. The summed E-state index contributed by atoms with van der Waals surface area (Å²) >= 11 is 0. The van der Waals surface area contributed by atoms with Gasteiger partial charge in [0.2, 0.25) is 0 Å². The van der Waals surface area contributed by atoms with Gasteiger partial charge in [-0.1, -0.05) is 72.8 Å². The van der Waals surface area contributed by atoms with E-state index in [0.717, 1.165) is 24.3 Å². The van der Waals surface area contributed by atoms with Crippen molar-refractivity contribution >= 4 is 87.2 Å². The van der Waals surface area contributed by atoms with E-state index in [2.05, 4.69) is 12.1 Å². The molecule has 0 radical (unpaired) electrons. The van der Waals surface area contributed by atoms with E-state index in [1.165, 1.54) is 9.13 Å². The molecule has 0 bridgehead atoms. The van der Waals surface area contributed by atoms with Crippen LogP contribution in [-0.4, -0.2) is 18.3 Å². The summed E-state index contributed by atoms with van der Waals surface area (Å²) < 4.78 is 183. The van der Waals surface area contributed by atoms with Crippen LogP contribution in [0, 0.1) is 22.7 Å². The van der Waals surface area contributed by atoms with Gasteiger partial charge in [0.15, 0.2) is 0 Å². The first-order valence-electron chi connectivity index (χ1n) is 23.7. The van der Waals surface area contributed by atoms with Crippen molar-refractivity contribution in [2.45, 2.75) is 24.7 Å². The number of rotatable bonds is 4. The minimum Gasteiger partial charge on any atom is -0.306 e. The predicted molar refractivity (Wildman–Crippen MR) is 273 cm³/mol. The van der Waals surface area contributed by atoms with E-state index in [9.17, 15) is 63.2 Å². The van der Waals surface area contributed by atoms with Gasteiger partial charge in [-0.05, 0) is 97.1 Å². The topological polar surface area (TPSA) is 67.3 Å². The minimum atomic E-state index is -5.03. The molecule has 0 spiro atoms. The molecule has 0 N–H and O–H groups in total. The Morgan fingerprint density at radius 1 is 0.256 bits per heavy atom. The number of halogens is 12. The lowest BCUT2D eigenvalue weighted by atomic mass is 9.98. The lowest BCUT2D eigenvalue weighted by Gasteiger charge is -2.27. The largest absolute Gasteiger partial charge is 0.416 e. The summed E-state index contributed by atoms with van der Waals surface area (Å²) in [6.45, 7) is 0. The van der Waals surface area contributed by atoms with Gasteiger partial charge in [0.1, 0.15) is 23.3 Å². The second-order valence-electron chi connectivity index (χ2n) is 18.7. The van der Waals surface area contributed by atoms with Gasteiger partial charge in [0.25, 0.3) is 0 Å². The van der Waals surface area contributed by atoms with Crippen LogP contribution in [0.3, 0.4) is 0 Å². The van der Waals surface area contributed by atoms with Crippen molar-refractivity contribution in [1.29, 1.82) is 10.5 Å². The van der Waals surface area contributed by atoms with Gasteiger partial charge >= 0.3 is 24.7 Å². The molecule has 0 atom stereocenters. The van der Waals surface area contributed by atoms with Crippen LogP contribution in [0.5, 0.6) is 0 Å². The fourth-order valence-corrected chi connectivity index (χ4v) is 11.3. The standard InChI is InChI=1S/C60H28F12N6/c61-57(62,63)31-17-21-49-39(25-31)40-26-32(58(64,65)66)18-22-50(40)77(49)55-43(29-73)53(75-45-13-5-1-9-35(45)36-10-2-6-14-46(36)75)54(76-47-15-7-3-11-37(47)38-12-4-8-16-48(38)76)44(30-74)56(55)78-51-23-19-33(59(67,68)69)27-41(51)42-28-34(60(70,71)72)20-24-52(42)78/h1-28H. The molecule has 0 saturated heterocycles. The molecule has 13 rings (SSSR count). The zero-order chi connectivity index (χ0) is 54.5. The monoisotopic (exact) mass is 1060 g/mol. The average Bonchev–Trinajstić information content (AvgIpc) is 4.29. The first kappa shape index (κ1) is 48.0. The minimum absolute atomic E-state index is 0.0231. The molecule has 4 aromatic heterocycles. The van der Waals surface area contributed by atoms with Gasteiger partial charge in [0.05, 0.1) is 89.1 Å². The van der Waals surface area contributed by atoms with Crippen molar-refractivity contribution < 1.29 is 52.7 Å². The second-order valence-corrected chi connectivity index (χ2v) is 18.7. The normalized spacial score (nSPS) is 12.8. The van der Waals surface area contributed by atoms with Gasteiger partial charge < -0.3 is 18.3 Å². The molecule has 382 valence electrons. The van der Waals surface area contributed by atoms with Crippen molar-refractivity contribution in [3.8, 4) is 34.9 Å². The maximum absolute atomic E-state index is 14.7. The first-order chi connectivity index (χ1) is 37.2. The molecule has 18 heteroatoms. The van der Waals surface area contributed by atoms with Crippen molar-refractivity contribution in [2.24, 2.45) is 0 Å². The number of fused-ring (bicyclic) bond motifs is 12. The van der Waals surface area contributed by atoms with E-state index in [1.54, 1.807) is 81.9 Å². The maximum atomic E-state index is 14.7. The molecule has 13 aromatic rings. The van der Waals surface area contributed by atoms with Crippen molar-refractivity contribution in [3.63, 3.8) is 0 Å². The van der Waals surface area contributed by atoms with E-state index in [1.807, 2.05) is 24.3 Å². The van der Waals surface area contributed by atoms with Crippen LogP contribution < -0.4 is 0 Å². The third-order valence-electron chi connectivity index (χ3n) is 14.5. The fraction of sp³-hybridized carbons (Fsp3) is 0.0667. The smallest absolute Gasteiger partial charge is 0.306 e. The Bertz CT molecular complexity index is 4280. The molecular weight excluding hydrogens is 1030 g/mol. The highest BCUT2D eigenvalue weighted by molar-refractivity contribution is 6.16. The first-order valence-corrected chi connectivity index (χ1v) is 23.7. The molecule has 0 fully saturated rings. The van der Waals surface area contributed by atoms with Crippen molar-refractivity contribution in [3.05, 3.63) is 203 Å². The molecule has 6 nitrogen and oxygen atoms in total. The highest BCUT2D eigenvalue weighted by atomic mass is 19.4. The number of benzene rings is 9. The molecule has 0 aliphatic heterocycles. The van der Waals surface area contributed by atoms with Gasteiger partial charge in [0, 0.05) is 43.1 Å². The van der Waals surface area contributed by atoms with Crippen LogP contribution in [0.4, 0.5) is 52.7 Å². The third-order valence-corrected chi connectivity index (χ3v) is 14.5. The zero-order valence-electron chi connectivity index (χ0n) is 39.4. The van der Waals surface area contributed by atoms with E-state index in [4.69, 9.17) is 0 Å². The van der Waals surface area contributed by atoms with E-state index in [0.29, 0.717) is 92.1 Å². The van der Waals surface area contributed by atoms with Crippen LogP contribution in [0.25, 0.3) is 110 Å². The highest BCUT2D eigenvalue weighted by Gasteiger charge is 2.39. The van der Waals surface area contributed by atoms with Crippen LogP contribution in [-0.2, 0) is 24.7 Å². The average molecular weight is 1060 g/mol. The van der Waals surface area contributed by atoms with Crippen LogP contribution >= 0.6 is 0 Å². The molecular formula is C60H28F12N6.